The second-order valence-corrected chi connectivity index (χ2v) is 9.21. The molecule has 1 aliphatic heterocycles. The van der Waals surface area contributed by atoms with E-state index in [0.717, 1.165) is 49.2 Å². The first-order valence-corrected chi connectivity index (χ1v) is 11.7. The molecule has 0 radical (unpaired) electrons. The van der Waals surface area contributed by atoms with Gasteiger partial charge in [-0.3, -0.25) is 9.78 Å². The largest absolute Gasteiger partial charge is 0.493 e. The maximum absolute atomic E-state index is 12.3. The molecule has 0 bridgehead atoms. The van der Waals surface area contributed by atoms with E-state index in [9.17, 15) is 4.79 Å². The lowest BCUT2D eigenvalue weighted by Gasteiger charge is -2.45. The van der Waals surface area contributed by atoms with Gasteiger partial charge in [-0.2, -0.15) is 0 Å². The number of amides is 1. The zero-order chi connectivity index (χ0) is 22.8. The van der Waals surface area contributed by atoms with Gasteiger partial charge in [-0.15, -0.1) is 0 Å². The lowest BCUT2D eigenvalue weighted by Crippen LogP contribution is -2.53. The van der Waals surface area contributed by atoms with Crippen LogP contribution in [0.5, 0.6) is 11.5 Å². The molecule has 1 saturated heterocycles. The molecule has 172 valence electrons. The van der Waals surface area contributed by atoms with Crippen LogP contribution in [-0.2, 0) is 11.3 Å². The third kappa shape index (κ3) is 4.15. The summed E-state index contributed by atoms with van der Waals surface area (Å²) in [5.74, 6) is 1.83. The summed E-state index contributed by atoms with van der Waals surface area (Å²) in [6, 6.07) is 17.0. The normalized spacial score (nSPS) is 24.7. The molecule has 5 rings (SSSR count). The summed E-state index contributed by atoms with van der Waals surface area (Å²) in [4.78, 5) is 16.7. The van der Waals surface area contributed by atoms with Crippen molar-refractivity contribution in [3.63, 3.8) is 0 Å². The zero-order valence-electron chi connectivity index (χ0n) is 19.3. The molecule has 2 aliphatic rings. The van der Waals surface area contributed by atoms with Crippen molar-refractivity contribution in [1.82, 2.24) is 15.6 Å². The van der Waals surface area contributed by atoms with Crippen molar-refractivity contribution in [2.24, 2.45) is 0 Å². The predicted molar refractivity (Wildman–Crippen MR) is 129 cm³/mol. The van der Waals surface area contributed by atoms with Gasteiger partial charge < -0.3 is 20.1 Å². The second kappa shape index (κ2) is 9.02. The van der Waals surface area contributed by atoms with Gasteiger partial charge in [0.05, 0.1) is 19.7 Å². The summed E-state index contributed by atoms with van der Waals surface area (Å²) < 4.78 is 11.0. The molecule has 1 aromatic heterocycles. The molecule has 1 amide bonds. The Bertz CT molecular complexity index is 1160. The van der Waals surface area contributed by atoms with Gasteiger partial charge in [-0.1, -0.05) is 24.3 Å². The number of hydrogen-bond acceptors (Lipinski definition) is 5. The molecule has 1 aliphatic carbocycles. The number of benzene rings is 2. The smallest absolute Gasteiger partial charge is 0.220 e. The van der Waals surface area contributed by atoms with Crippen LogP contribution in [0.15, 0.2) is 54.7 Å². The van der Waals surface area contributed by atoms with E-state index in [4.69, 9.17) is 9.47 Å². The molecule has 2 N–H and O–H groups in total. The van der Waals surface area contributed by atoms with E-state index in [1.54, 1.807) is 14.2 Å². The number of carbonyl (C=O) groups is 1. The van der Waals surface area contributed by atoms with Crippen LogP contribution in [0.2, 0.25) is 0 Å². The van der Waals surface area contributed by atoms with Gasteiger partial charge in [-0.25, -0.2) is 0 Å². The summed E-state index contributed by atoms with van der Waals surface area (Å²) in [7, 11) is 3.32. The fourth-order valence-electron chi connectivity index (χ4n) is 5.71. The Labute approximate surface area is 194 Å². The summed E-state index contributed by atoms with van der Waals surface area (Å²) >= 11 is 0. The molecule has 33 heavy (non-hydrogen) atoms. The Morgan fingerprint density at radius 2 is 1.97 bits per heavy atom. The number of rotatable bonds is 6. The monoisotopic (exact) mass is 445 g/mol. The van der Waals surface area contributed by atoms with E-state index in [2.05, 4.69) is 52.0 Å². The van der Waals surface area contributed by atoms with Crippen LogP contribution in [-0.4, -0.2) is 36.7 Å². The summed E-state index contributed by atoms with van der Waals surface area (Å²) in [6.45, 7) is 0.797. The Balaban J connectivity index is 1.39. The number of fused-ring (bicyclic) bond motifs is 1. The van der Waals surface area contributed by atoms with E-state index in [-0.39, 0.29) is 17.4 Å². The molecule has 6 heteroatoms. The molecule has 2 fully saturated rings. The summed E-state index contributed by atoms with van der Waals surface area (Å²) in [6.07, 6.45) is 6.28. The first kappa shape index (κ1) is 21.7. The third-order valence-corrected chi connectivity index (χ3v) is 7.44. The molecule has 0 unspecified atom stereocenters. The lowest BCUT2D eigenvalue weighted by atomic mass is 9.67. The fraction of sp³-hybridized carbons (Fsp3) is 0.407. The van der Waals surface area contributed by atoms with E-state index in [1.165, 1.54) is 16.5 Å². The summed E-state index contributed by atoms with van der Waals surface area (Å²) in [5, 5.41) is 8.35. The highest BCUT2D eigenvalue weighted by Crippen LogP contribution is 2.47. The van der Waals surface area contributed by atoms with E-state index < -0.39 is 0 Å². The maximum Gasteiger partial charge on any atom is 0.220 e. The minimum atomic E-state index is -0.182. The van der Waals surface area contributed by atoms with Gasteiger partial charge in [0.1, 0.15) is 0 Å². The molecule has 2 aromatic carbocycles. The van der Waals surface area contributed by atoms with Gasteiger partial charge in [0.2, 0.25) is 5.91 Å². The van der Waals surface area contributed by atoms with Crippen molar-refractivity contribution in [2.45, 2.75) is 56.1 Å². The van der Waals surface area contributed by atoms with E-state index in [1.807, 2.05) is 18.3 Å². The number of hydrogen-bond donors (Lipinski definition) is 2. The SMILES string of the molecule is COc1ccc([C@H]2C[C@@H](NCc3cccc4ncccc34)CC[C@]23CCC(=O)N3)cc1OC. The molecule has 3 atom stereocenters. The maximum atomic E-state index is 12.3. The Morgan fingerprint density at radius 3 is 2.76 bits per heavy atom. The number of pyridine rings is 1. The van der Waals surface area contributed by atoms with Crippen LogP contribution in [0.1, 0.15) is 49.1 Å². The fourth-order valence-corrected chi connectivity index (χ4v) is 5.71. The summed E-state index contributed by atoms with van der Waals surface area (Å²) in [5.41, 5.74) is 3.29. The minimum absolute atomic E-state index is 0.162. The van der Waals surface area contributed by atoms with Crippen molar-refractivity contribution in [1.29, 1.82) is 0 Å². The highest BCUT2D eigenvalue weighted by Gasteiger charge is 2.48. The number of aromatic nitrogens is 1. The van der Waals surface area contributed by atoms with Gasteiger partial charge in [0, 0.05) is 42.0 Å². The van der Waals surface area contributed by atoms with Crippen LogP contribution in [0.3, 0.4) is 0 Å². The third-order valence-electron chi connectivity index (χ3n) is 7.44. The average molecular weight is 446 g/mol. The zero-order valence-corrected chi connectivity index (χ0v) is 19.3. The average Bonchev–Trinajstić information content (AvgIpc) is 3.23. The van der Waals surface area contributed by atoms with Crippen molar-refractivity contribution < 1.29 is 14.3 Å². The van der Waals surface area contributed by atoms with Gasteiger partial charge in [0.25, 0.3) is 0 Å². The van der Waals surface area contributed by atoms with E-state index in [0.29, 0.717) is 12.5 Å². The van der Waals surface area contributed by atoms with Gasteiger partial charge in [-0.05, 0) is 61.1 Å². The number of nitrogens with zero attached hydrogens (tertiary/aromatic N) is 1. The lowest BCUT2D eigenvalue weighted by molar-refractivity contribution is -0.120. The molecular formula is C27H31N3O3. The van der Waals surface area contributed by atoms with Crippen LogP contribution in [0.25, 0.3) is 10.9 Å². The predicted octanol–water partition coefficient (Wildman–Crippen LogP) is 4.33. The van der Waals surface area contributed by atoms with E-state index >= 15 is 0 Å². The second-order valence-electron chi connectivity index (χ2n) is 9.21. The molecule has 1 saturated carbocycles. The standard InChI is InChI=1S/C27H31N3O3/c1-32-24-9-8-18(15-25(24)33-2)22-16-20(10-12-27(22)13-11-26(31)30-27)29-17-19-5-3-7-23-21(19)6-4-14-28-23/h3-9,14-15,20,22,29H,10-13,16-17H2,1-2H3,(H,30,31)/t20-,22+,27-/m0/s1. The molecular weight excluding hydrogens is 414 g/mol. The Hall–Kier alpha value is -3.12. The number of nitrogens with one attached hydrogen (secondary N) is 2. The highest BCUT2D eigenvalue weighted by atomic mass is 16.5. The van der Waals surface area contributed by atoms with Crippen LogP contribution in [0, 0.1) is 0 Å². The van der Waals surface area contributed by atoms with Crippen molar-refractivity contribution in [3.8, 4) is 11.5 Å². The van der Waals surface area contributed by atoms with Crippen molar-refractivity contribution in [2.75, 3.05) is 14.2 Å². The Kier molecular flexibility index (Phi) is 5.94. The quantitative estimate of drug-likeness (QED) is 0.591. The van der Waals surface area contributed by atoms with Gasteiger partial charge >= 0.3 is 0 Å². The molecule has 3 aromatic rings. The van der Waals surface area contributed by atoms with Gasteiger partial charge in [0.15, 0.2) is 11.5 Å². The topological polar surface area (TPSA) is 72.5 Å². The molecule has 1 spiro atoms. The number of ether oxygens (including phenoxy) is 2. The van der Waals surface area contributed by atoms with Crippen molar-refractivity contribution in [3.05, 3.63) is 65.9 Å². The molecule has 2 heterocycles. The van der Waals surface area contributed by atoms with Crippen LogP contribution in [0.4, 0.5) is 0 Å². The first-order chi connectivity index (χ1) is 16.1. The Morgan fingerprint density at radius 1 is 1.09 bits per heavy atom. The minimum Gasteiger partial charge on any atom is -0.493 e. The van der Waals surface area contributed by atoms with Crippen LogP contribution >= 0.6 is 0 Å². The number of carbonyl (C=O) groups excluding carboxylic acids is 1. The van der Waals surface area contributed by atoms with Crippen molar-refractivity contribution >= 4 is 16.8 Å². The molecule has 6 nitrogen and oxygen atoms in total. The first-order valence-electron chi connectivity index (χ1n) is 11.7. The highest BCUT2D eigenvalue weighted by molar-refractivity contribution is 5.82. The van der Waals surface area contributed by atoms with Crippen LogP contribution < -0.4 is 20.1 Å². The number of methoxy groups -OCH3 is 2.